The zero-order valence-electron chi connectivity index (χ0n) is 23.1. The Bertz CT molecular complexity index is 1540. The van der Waals surface area contributed by atoms with Gasteiger partial charge in [0.25, 0.3) is 11.1 Å². The molecule has 0 fully saturated rings. The van der Waals surface area contributed by atoms with Crippen molar-refractivity contribution in [2.45, 2.75) is 50.9 Å². The number of amides is 5. The van der Waals surface area contributed by atoms with E-state index in [-0.39, 0.29) is 32.4 Å². The summed E-state index contributed by atoms with van der Waals surface area (Å²) in [4.78, 5) is 112. The fourth-order valence-electron chi connectivity index (χ4n) is 3.72. The zero-order chi connectivity index (χ0) is 31.9. The van der Waals surface area contributed by atoms with Crippen molar-refractivity contribution in [3.05, 3.63) is 66.2 Å². The van der Waals surface area contributed by atoms with E-state index < -0.39 is 83.8 Å². The molecule has 0 aliphatic heterocycles. The van der Waals surface area contributed by atoms with E-state index in [1.807, 2.05) is 9.97 Å². The summed E-state index contributed by atoms with van der Waals surface area (Å²) in [6, 6.07) is -0.0628. The van der Waals surface area contributed by atoms with Crippen LogP contribution in [0.4, 0.5) is 0 Å². The van der Waals surface area contributed by atoms with Crippen LogP contribution in [-0.4, -0.2) is 80.4 Å². The van der Waals surface area contributed by atoms with Gasteiger partial charge in [0.05, 0.1) is 6.54 Å². The Labute approximate surface area is 242 Å². The standard InChI is InChI=1S/C24H34N10O9/c25-7-1-3-14(29-19(38)12-33-9-5-17(36)31-23(33)42)21(40)27-8-2-4-15(22(41)28-11-16(26)35)30-20(39)13-34-10-6-18(37)32-24(34)43/h5-6,9-10,14-15H,1-4,7-8,11-13,25H2,(H2,26,35)(H,27,40)(H,28,41)(H,29,38)(H,30,39)(H,31,36,42)(H,32,37,43)/t14-,15-/m0/s1. The molecule has 0 bridgehead atoms. The number of hydrogen-bond donors (Lipinski definition) is 8. The van der Waals surface area contributed by atoms with Crippen LogP contribution in [0.25, 0.3) is 0 Å². The quantitative estimate of drug-likeness (QED) is 0.0789. The highest BCUT2D eigenvalue weighted by molar-refractivity contribution is 5.90. The summed E-state index contributed by atoms with van der Waals surface area (Å²) in [5, 5.41) is 9.86. The summed E-state index contributed by atoms with van der Waals surface area (Å²) in [6.07, 6.45) is 2.98. The molecule has 0 radical (unpaired) electrons. The molecule has 2 aromatic rings. The Hall–Kier alpha value is -5.33. The maximum Gasteiger partial charge on any atom is 0.328 e. The molecule has 2 heterocycles. The molecule has 0 aliphatic rings. The molecule has 0 aromatic carbocycles. The number of carbonyl (C=O) groups is 5. The molecule has 10 N–H and O–H groups in total. The number of primary amides is 1. The van der Waals surface area contributed by atoms with Crippen LogP contribution in [-0.2, 0) is 37.1 Å². The van der Waals surface area contributed by atoms with Gasteiger partial charge in [-0.15, -0.1) is 0 Å². The predicted octanol–water partition coefficient (Wildman–Crippen LogP) is -5.71. The van der Waals surface area contributed by atoms with Gasteiger partial charge in [-0.1, -0.05) is 0 Å². The van der Waals surface area contributed by atoms with Crippen LogP contribution in [0.2, 0.25) is 0 Å². The van der Waals surface area contributed by atoms with Gasteiger partial charge < -0.3 is 32.7 Å². The number of H-pyrrole nitrogens is 2. The summed E-state index contributed by atoms with van der Waals surface area (Å²) in [5.74, 6) is -3.53. The van der Waals surface area contributed by atoms with Gasteiger partial charge in [0, 0.05) is 31.1 Å². The lowest BCUT2D eigenvalue weighted by Gasteiger charge is -2.20. The third kappa shape index (κ3) is 12.0. The Morgan fingerprint density at radius 1 is 0.744 bits per heavy atom. The number of aromatic nitrogens is 4. The molecule has 19 nitrogen and oxygen atoms in total. The molecule has 0 aliphatic carbocycles. The van der Waals surface area contributed by atoms with E-state index in [1.165, 1.54) is 0 Å². The lowest BCUT2D eigenvalue weighted by atomic mass is 10.1. The first kappa shape index (κ1) is 33.9. The zero-order valence-corrected chi connectivity index (χ0v) is 23.1. The molecule has 234 valence electrons. The van der Waals surface area contributed by atoms with Crippen LogP contribution in [0.5, 0.6) is 0 Å². The molecule has 0 spiro atoms. The van der Waals surface area contributed by atoms with E-state index in [4.69, 9.17) is 11.5 Å². The van der Waals surface area contributed by atoms with Crippen molar-refractivity contribution >= 4 is 29.5 Å². The van der Waals surface area contributed by atoms with Gasteiger partial charge in [-0.05, 0) is 32.2 Å². The minimum atomic E-state index is -1.18. The summed E-state index contributed by atoms with van der Waals surface area (Å²) < 4.78 is 1.87. The highest BCUT2D eigenvalue weighted by atomic mass is 16.2. The topological polar surface area (TPSA) is 295 Å². The van der Waals surface area contributed by atoms with Gasteiger partial charge in [-0.3, -0.25) is 52.7 Å². The Balaban J connectivity index is 1.97. The number of carbonyl (C=O) groups excluding carboxylic acids is 5. The van der Waals surface area contributed by atoms with E-state index in [0.29, 0.717) is 6.42 Å². The monoisotopic (exact) mass is 606 g/mol. The van der Waals surface area contributed by atoms with E-state index >= 15 is 0 Å². The van der Waals surface area contributed by atoms with Crippen molar-refractivity contribution in [3.63, 3.8) is 0 Å². The second kappa shape index (κ2) is 16.8. The molecule has 19 heteroatoms. The van der Waals surface area contributed by atoms with Crippen molar-refractivity contribution < 1.29 is 24.0 Å². The third-order valence-corrected chi connectivity index (χ3v) is 5.83. The normalized spacial score (nSPS) is 12.0. The summed E-state index contributed by atoms with van der Waals surface area (Å²) in [6.45, 7) is -1.20. The number of aromatic amines is 2. The highest BCUT2D eigenvalue weighted by Crippen LogP contribution is 2.01. The first-order valence-electron chi connectivity index (χ1n) is 13.1. The van der Waals surface area contributed by atoms with Gasteiger partial charge >= 0.3 is 11.4 Å². The number of hydrogen-bond acceptors (Lipinski definition) is 10. The lowest BCUT2D eigenvalue weighted by Crippen LogP contribution is -2.50. The molecular formula is C24H34N10O9. The van der Waals surface area contributed by atoms with Crippen LogP contribution in [0.3, 0.4) is 0 Å². The summed E-state index contributed by atoms with van der Waals surface area (Å²) in [7, 11) is 0. The van der Waals surface area contributed by atoms with Gasteiger partial charge in [-0.2, -0.15) is 0 Å². The lowest BCUT2D eigenvalue weighted by molar-refractivity contribution is -0.130. The second-order valence-electron chi connectivity index (χ2n) is 9.26. The average Bonchev–Trinajstić information content (AvgIpc) is 2.94. The fourth-order valence-corrected chi connectivity index (χ4v) is 3.72. The number of nitrogens with one attached hydrogen (secondary N) is 6. The molecule has 0 unspecified atom stereocenters. The van der Waals surface area contributed by atoms with Crippen LogP contribution in [0, 0.1) is 0 Å². The minimum Gasteiger partial charge on any atom is -0.368 e. The van der Waals surface area contributed by atoms with Crippen molar-refractivity contribution in [2.24, 2.45) is 11.5 Å². The van der Waals surface area contributed by atoms with Gasteiger partial charge in [0.2, 0.25) is 29.5 Å². The molecule has 0 saturated heterocycles. The van der Waals surface area contributed by atoms with Crippen LogP contribution < -0.4 is 55.2 Å². The van der Waals surface area contributed by atoms with Crippen LogP contribution in [0.15, 0.2) is 43.7 Å². The fraction of sp³-hybridized carbons (Fsp3) is 0.458. The molecule has 5 amide bonds. The van der Waals surface area contributed by atoms with Gasteiger partial charge in [0.15, 0.2) is 0 Å². The number of nitrogens with two attached hydrogens (primary N) is 2. The molecule has 2 atom stereocenters. The van der Waals surface area contributed by atoms with E-state index in [0.717, 1.165) is 33.7 Å². The largest absolute Gasteiger partial charge is 0.368 e. The molecule has 0 saturated carbocycles. The Morgan fingerprint density at radius 3 is 1.65 bits per heavy atom. The van der Waals surface area contributed by atoms with Crippen molar-refractivity contribution in [3.8, 4) is 0 Å². The average molecular weight is 607 g/mol. The van der Waals surface area contributed by atoms with E-state index in [2.05, 4.69) is 21.3 Å². The highest BCUT2D eigenvalue weighted by Gasteiger charge is 2.23. The summed E-state index contributed by atoms with van der Waals surface area (Å²) >= 11 is 0. The van der Waals surface area contributed by atoms with Gasteiger partial charge in [-0.25, -0.2) is 9.59 Å². The van der Waals surface area contributed by atoms with Crippen LogP contribution >= 0.6 is 0 Å². The van der Waals surface area contributed by atoms with Crippen molar-refractivity contribution in [1.29, 1.82) is 0 Å². The molecule has 2 rings (SSSR count). The third-order valence-electron chi connectivity index (χ3n) is 5.83. The smallest absolute Gasteiger partial charge is 0.328 e. The van der Waals surface area contributed by atoms with Gasteiger partial charge in [0.1, 0.15) is 25.2 Å². The Kier molecular flexibility index (Phi) is 13.2. The number of rotatable bonds is 17. The Morgan fingerprint density at radius 2 is 1.21 bits per heavy atom. The second-order valence-corrected chi connectivity index (χ2v) is 9.26. The van der Waals surface area contributed by atoms with Crippen LogP contribution in [0.1, 0.15) is 25.7 Å². The maximum absolute atomic E-state index is 12.8. The van der Waals surface area contributed by atoms with Crippen molar-refractivity contribution in [1.82, 2.24) is 40.4 Å². The van der Waals surface area contributed by atoms with E-state index in [1.54, 1.807) is 0 Å². The SMILES string of the molecule is NCCC[C@H](NC(=O)Cn1ccc(=O)[nH]c1=O)C(=O)NCCC[C@H](NC(=O)Cn1ccc(=O)[nH]c1=O)C(=O)NCC(N)=O. The number of nitrogens with zero attached hydrogens (tertiary/aromatic N) is 2. The molecule has 2 aromatic heterocycles. The first-order chi connectivity index (χ1) is 20.4. The van der Waals surface area contributed by atoms with Crippen molar-refractivity contribution in [2.75, 3.05) is 19.6 Å². The molecule has 43 heavy (non-hydrogen) atoms. The minimum absolute atomic E-state index is 0.00785. The molecular weight excluding hydrogens is 572 g/mol. The van der Waals surface area contributed by atoms with E-state index in [9.17, 15) is 43.2 Å². The summed E-state index contributed by atoms with van der Waals surface area (Å²) in [5.41, 5.74) is 7.69. The predicted molar refractivity (Wildman–Crippen MR) is 149 cm³/mol. The maximum atomic E-state index is 12.8. The first-order valence-corrected chi connectivity index (χ1v) is 13.1.